The van der Waals surface area contributed by atoms with Crippen LogP contribution in [0.4, 0.5) is 21.0 Å². The Balaban J connectivity index is 3.57. The highest BCUT2D eigenvalue weighted by Crippen LogP contribution is 2.83. The number of allylic oxidation sites excluding steroid dienone is 1. The second-order valence-electron chi connectivity index (χ2n) is 2.44. The van der Waals surface area contributed by atoms with E-state index in [0.29, 0.717) is 0 Å². The summed E-state index contributed by atoms with van der Waals surface area (Å²) >= 11 is 0. The molecule has 1 rings (SSSR count). The highest BCUT2D eigenvalue weighted by molar-refractivity contribution is 7.81. The van der Waals surface area contributed by atoms with Crippen molar-refractivity contribution < 1.29 is 21.0 Å². The smallest absolute Gasteiger partial charge is 0.178 e. The second kappa shape index (κ2) is 3.29. The van der Waals surface area contributed by atoms with Gasteiger partial charge in [0.05, 0.1) is 0 Å². The summed E-state index contributed by atoms with van der Waals surface area (Å²) in [5.74, 6) is 0. The summed E-state index contributed by atoms with van der Waals surface area (Å²) in [5, 5.41) is -0.494. The quantitative estimate of drug-likeness (QED) is 0.396. The Morgan fingerprint density at radius 1 is 0.929 bits per heavy atom. The van der Waals surface area contributed by atoms with Gasteiger partial charge in [-0.05, 0) is 6.92 Å². The van der Waals surface area contributed by atoms with Gasteiger partial charge in [-0.25, -0.2) is 0 Å². The van der Waals surface area contributed by atoms with Gasteiger partial charge in [-0.1, -0.05) is 6.58 Å². The maximum Gasteiger partial charge on any atom is 0.423 e. The van der Waals surface area contributed by atoms with E-state index in [0.717, 1.165) is 6.92 Å². The lowest BCUT2D eigenvalue weighted by atomic mass is 10.8. The van der Waals surface area contributed by atoms with Crippen molar-refractivity contribution in [1.82, 2.24) is 0 Å². The normalized spacial score (nSPS) is 33.6. The van der Waals surface area contributed by atoms with E-state index in [4.69, 9.17) is 0 Å². The Labute approximate surface area is 77.4 Å². The van der Waals surface area contributed by atoms with Crippen molar-refractivity contribution in [1.29, 1.82) is 0 Å². The van der Waals surface area contributed by atoms with Crippen LogP contribution in [0.25, 0.3) is 0 Å². The Bertz CT molecular complexity index is 433. The van der Waals surface area contributed by atoms with Gasteiger partial charge in [-0.3, -0.25) is 0 Å². The lowest BCUT2D eigenvalue weighted by molar-refractivity contribution is 0.697. The zero-order valence-electron chi connectivity index (χ0n) is 6.78. The Morgan fingerprint density at radius 2 is 1.36 bits per heavy atom. The van der Waals surface area contributed by atoms with Crippen LogP contribution in [0.1, 0.15) is 6.92 Å². The molecule has 1 unspecified atom stereocenters. The van der Waals surface area contributed by atoms with E-state index < -0.39 is 28.5 Å². The molecule has 0 aromatic heterocycles. The molecule has 0 aromatic rings. The van der Waals surface area contributed by atoms with Crippen LogP contribution in [0.5, 0.6) is 0 Å². The lowest BCUT2D eigenvalue weighted by Crippen LogP contribution is -1.75. The van der Waals surface area contributed by atoms with E-state index in [9.17, 15) is 21.0 Å². The number of nitrogens with zero attached hydrogens (tertiary/aromatic N) is 3. The van der Waals surface area contributed by atoms with Crippen LogP contribution in [0.2, 0.25) is 0 Å². The summed E-state index contributed by atoms with van der Waals surface area (Å²) in [6.07, 6.45) is 0. The Kier molecular flexibility index (Phi) is 2.86. The van der Waals surface area contributed by atoms with Crippen LogP contribution >= 0.6 is 23.2 Å². The zero-order chi connectivity index (χ0) is 11.2. The molecule has 3 nitrogen and oxygen atoms in total. The van der Waals surface area contributed by atoms with Gasteiger partial charge in [-0.2, -0.15) is 13.2 Å². The summed E-state index contributed by atoms with van der Waals surface area (Å²) < 4.78 is 70.3. The molecular formula is C3H5F5N3P3. The van der Waals surface area contributed by atoms with Crippen molar-refractivity contribution in [3.8, 4) is 0 Å². The molecule has 82 valence electrons. The first kappa shape index (κ1) is 12.2. The van der Waals surface area contributed by atoms with Crippen LogP contribution in [-0.2, 0) is 0 Å². The molecule has 14 heavy (non-hydrogen) atoms. The third kappa shape index (κ3) is 2.56. The van der Waals surface area contributed by atoms with Gasteiger partial charge in [0.25, 0.3) is 7.52 Å². The number of halogens is 5. The number of hydrogen-bond donors (Lipinski definition) is 0. The van der Waals surface area contributed by atoms with E-state index in [-0.39, 0.29) is 0 Å². The highest BCUT2D eigenvalue weighted by atomic mass is 31.3. The van der Waals surface area contributed by atoms with Crippen LogP contribution in [0, 0.1) is 0 Å². The largest absolute Gasteiger partial charge is 0.423 e. The number of hydrogen-bond acceptors (Lipinski definition) is 3. The predicted octanol–water partition coefficient (Wildman–Crippen LogP) is 6.30. The fourth-order valence-electron chi connectivity index (χ4n) is 0.621. The Hall–Kier alpha value is 0.0800. The molecule has 1 atom stereocenters. The summed E-state index contributed by atoms with van der Waals surface area (Å²) in [6.45, 7) is 4.00. The van der Waals surface area contributed by atoms with Crippen molar-refractivity contribution in [3.05, 3.63) is 11.9 Å². The van der Waals surface area contributed by atoms with Gasteiger partial charge in [-0.15, -0.1) is 21.3 Å². The highest BCUT2D eigenvalue weighted by Gasteiger charge is 2.39. The molecular weight excluding hydrogens is 266 g/mol. The first-order valence-electron chi connectivity index (χ1n) is 3.12. The lowest BCUT2D eigenvalue weighted by Gasteiger charge is -2.16. The molecule has 0 amide bonds. The van der Waals surface area contributed by atoms with Crippen LogP contribution < -0.4 is 0 Å². The van der Waals surface area contributed by atoms with Gasteiger partial charge in [0.15, 0.2) is 0 Å². The minimum Gasteiger partial charge on any atom is -0.178 e. The fourth-order valence-corrected chi connectivity index (χ4v) is 6.56. The molecule has 1 aliphatic rings. The molecule has 0 spiro atoms. The molecule has 0 fully saturated rings. The van der Waals surface area contributed by atoms with E-state index >= 15 is 0 Å². The maximum atomic E-state index is 13.4. The zero-order valence-corrected chi connectivity index (χ0v) is 9.46. The molecule has 11 heteroatoms. The van der Waals surface area contributed by atoms with Crippen molar-refractivity contribution >= 4 is 23.2 Å². The minimum atomic E-state index is -5.56. The summed E-state index contributed by atoms with van der Waals surface area (Å²) in [4.78, 5) is 0. The molecule has 0 N–H and O–H groups in total. The summed E-state index contributed by atoms with van der Waals surface area (Å²) in [7, 11) is -15.7. The van der Waals surface area contributed by atoms with Crippen molar-refractivity contribution in [3.63, 3.8) is 0 Å². The first-order chi connectivity index (χ1) is 6.06. The fraction of sp³-hybridized carbons (Fsp3) is 0.333. The topological polar surface area (TPSA) is 37.1 Å². The first-order valence-corrected chi connectivity index (χ1v) is 7.66. The molecule has 1 aliphatic heterocycles. The van der Waals surface area contributed by atoms with Gasteiger partial charge in [0.2, 0.25) is 0 Å². The van der Waals surface area contributed by atoms with Crippen molar-refractivity contribution in [2.24, 2.45) is 13.5 Å². The molecule has 0 radical (unpaired) electrons. The van der Waals surface area contributed by atoms with Gasteiger partial charge in [0, 0.05) is 5.31 Å². The molecule has 0 bridgehead atoms. The standard InChI is InChI=1S/C3H5F5N3P3/c1-3(2)12(4)9-13(5,6)11-14(7,8)10-12/h1H2,2H3. The van der Waals surface area contributed by atoms with Crippen molar-refractivity contribution in [2.45, 2.75) is 6.92 Å². The molecule has 0 aromatic carbocycles. The van der Waals surface area contributed by atoms with Crippen LogP contribution in [0.15, 0.2) is 25.4 Å². The average molecular weight is 271 g/mol. The monoisotopic (exact) mass is 271 g/mol. The van der Waals surface area contributed by atoms with E-state index in [2.05, 4.69) is 15.6 Å². The van der Waals surface area contributed by atoms with Gasteiger partial charge >= 0.3 is 15.7 Å². The van der Waals surface area contributed by atoms with E-state index in [1.54, 1.807) is 0 Å². The molecule has 0 aliphatic carbocycles. The SMILES string of the molecule is C=C(C)P1(F)=NP(F)(F)=NP(F)(F)=N1. The summed E-state index contributed by atoms with van der Waals surface area (Å²) in [5.41, 5.74) is 0. The maximum absolute atomic E-state index is 13.4. The van der Waals surface area contributed by atoms with E-state index in [1.165, 1.54) is 0 Å². The third-order valence-corrected chi connectivity index (χ3v) is 7.46. The molecule has 0 saturated carbocycles. The van der Waals surface area contributed by atoms with Crippen LogP contribution in [-0.4, -0.2) is 0 Å². The van der Waals surface area contributed by atoms with Crippen molar-refractivity contribution in [2.75, 3.05) is 0 Å². The van der Waals surface area contributed by atoms with Gasteiger partial charge in [0.1, 0.15) is 0 Å². The second-order valence-corrected chi connectivity index (χ2v) is 8.22. The number of rotatable bonds is 1. The average Bonchev–Trinajstić information content (AvgIpc) is 1.76. The molecule has 0 saturated heterocycles. The summed E-state index contributed by atoms with van der Waals surface area (Å²) in [6, 6.07) is 0. The Morgan fingerprint density at radius 3 is 1.71 bits per heavy atom. The third-order valence-electron chi connectivity index (χ3n) is 1.15. The van der Waals surface area contributed by atoms with E-state index in [1.807, 2.05) is 4.52 Å². The van der Waals surface area contributed by atoms with Gasteiger partial charge < -0.3 is 0 Å². The molecule has 1 heterocycles. The predicted molar refractivity (Wildman–Crippen MR) is 48.4 cm³/mol. The van der Waals surface area contributed by atoms with Crippen LogP contribution in [0.3, 0.4) is 0 Å². The minimum absolute atomic E-state index is 0.494.